The number of fused-ring (bicyclic) bond motifs is 3. The van der Waals surface area contributed by atoms with Crippen molar-refractivity contribution < 1.29 is 33.2 Å². The van der Waals surface area contributed by atoms with Crippen LogP contribution in [0.25, 0.3) is 0 Å². The highest BCUT2D eigenvalue weighted by atomic mass is 16.6. The molecule has 5 aliphatic rings. The van der Waals surface area contributed by atoms with Crippen molar-refractivity contribution in [2.45, 2.75) is 30.8 Å². The Balaban J connectivity index is 1.29. The number of morpholine rings is 1. The molecule has 186 valence electrons. The molecule has 3 fully saturated rings. The fourth-order valence-electron chi connectivity index (χ4n) is 5.76. The molecule has 4 heterocycles. The molecular formula is C28H27NO7. The molecular weight excluding hydrogens is 462 g/mol. The molecule has 4 aliphatic heterocycles. The largest absolute Gasteiger partial charge is 0.486 e. The van der Waals surface area contributed by atoms with E-state index in [9.17, 15) is 4.79 Å². The van der Waals surface area contributed by atoms with E-state index in [0.29, 0.717) is 37.9 Å². The zero-order valence-corrected chi connectivity index (χ0v) is 19.7. The molecule has 7 rings (SSSR count). The Hall–Kier alpha value is -3.49. The quantitative estimate of drug-likeness (QED) is 0.605. The zero-order chi connectivity index (χ0) is 24.1. The smallest absolute Gasteiger partial charge is 0.326 e. The summed E-state index contributed by atoms with van der Waals surface area (Å²) in [7, 11) is 0. The van der Waals surface area contributed by atoms with Crippen LogP contribution < -0.4 is 9.47 Å². The summed E-state index contributed by atoms with van der Waals surface area (Å²) in [6.45, 7) is 2.36. The molecule has 0 spiro atoms. The van der Waals surface area contributed by atoms with Crippen molar-refractivity contribution in [3.05, 3.63) is 83.3 Å². The van der Waals surface area contributed by atoms with Gasteiger partial charge in [-0.15, -0.1) is 0 Å². The van der Waals surface area contributed by atoms with Crippen LogP contribution in [0.4, 0.5) is 0 Å². The van der Waals surface area contributed by atoms with Crippen LogP contribution in [-0.2, 0) is 23.7 Å². The maximum atomic E-state index is 13.3. The van der Waals surface area contributed by atoms with Gasteiger partial charge >= 0.3 is 5.97 Å². The number of esters is 1. The Kier molecular flexibility index (Phi) is 5.36. The summed E-state index contributed by atoms with van der Waals surface area (Å²) in [5.41, 5.74) is 1.95. The van der Waals surface area contributed by atoms with E-state index in [1.165, 1.54) is 0 Å². The number of nitrogens with zero attached hydrogens (tertiary/aromatic N) is 1. The zero-order valence-electron chi connectivity index (χ0n) is 19.7. The van der Waals surface area contributed by atoms with E-state index in [1.807, 2.05) is 36.4 Å². The molecule has 0 aromatic heterocycles. The van der Waals surface area contributed by atoms with Crippen LogP contribution in [0.2, 0.25) is 0 Å². The number of carbonyl (C=O) groups excluding carboxylic acids is 1. The Morgan fingerprint density at radius 2 is 1.56 bits per heavy atom. The topological polar surface area (TPSA) is 75.7 Å². The lowest BCUT2D eigenvalue weighted by Crippen LogP contribution is -2.52. The van der Waals surface area contributed by atoms with Gasteiger partial charge in [0.05, 0.1) is 6.04 Å². The Bertz CT molecular complexity index is 1230. The average Bonchev–Trinajstić information content (AvgIpc) is 3.35. The number of carbonyl (C=O) groups is 1. The summed E-state index contributed by atoms with van der Waals surface area (Å²) in [6, 6.07) is 15.2. The van der Waals surface area contributed by atoms with Crippen LogP contribution in [0.5, 0.6) is 11.5 Å². The van der Waals surface area contributed by atoms with Gasteiger partial charge in [0.2, 0.25) is 0 Å². The summed E-state index contributed by atoms with van der Waals surface area (Å²) in [5, 5.41) is 0. The molecule has 2 unspecified atom stereocenters. The normalized spacial score (nSPS) is 31.1. The molecule has 36 heavy (non-hydrogen) atoms. The molecule has 0 N–H and O–H groups in total. The molecule has 1 aliphatic carbocycles. The fraction of sp³-hybridized carbons (Fsp3) is 0.393. The monoisotopic (exact) mass is 489 g/mol. The van der Waals surface area contributed by atoms with E-state index in [1.54, 1.807) is 0 Å². The van der Waals surface area contributed by atoms with Crippen molar-refractivity contribution in [1.29, 1.82) is 0 Å². The summed E-state index contributed by atoms with van der Waals surface area (Å²) in [4.78, 5) is 15.5. The van der Waals surface area contributed by atoms with E-state index < -0.39 is 12.1 Å². The number of hydrogen-bond donors (Lipinski definition) is 0. The molecule has 2 aromatic rings. The number of allylic oxidation sites excluding steroid dienone is 1. The summed E-state index contributed by atoms with van der Waals surface area (Å²) in [5.74, 6) is 2.60. The summed E-state index contributed by atoms with van der Waals surface area (Å²) >= 11 is 0. The Morgan fingerprint density at radius 3 is 2.42 bits per heavy atom. The van der Waals surface area contributed by atoms with Crippen LogP contribution >= 0.6 is 0 Å². The molecule has 2 aromatic carbocycles. The highest BCUT2D eigenvalue weighted by Crippen LogP contribution is 2.48. The van der Waals surface area contributed by atoms with E-state index in [-0.39, 0.29) is 30.8 Å². The van der Waals surface area contributed by atoms with Crippen molar-refractivity contribution >= 4 is 5.97 Å². The average molecular weight is 490 g/mol. The fourth-order valence-corrected chi connectivity index (χ4v) is 5.76. The third-order valence-electron chi connectivity index (χ3n) is 7.40. The van der Waals surface area contributed by atoms with Crippen molar-refractivity contribution in [3.8, 4) is 11.5 Å². The van der Waals surface area contributed by atoms with Crippen molar-refractivity contribution in [3.63, 3.8) is 0 Å². The van der Waals surface area contributed by atoms with Crippen LogP contribution in [0, 0.1) is 5.92 Å². The van der Waals surface area contributed by atoms with Gasteiger partial charge in [-0.1, -0.05) is 36.4 Å². The van der Waals surface area contributed by atoms with Gasteiger partial charge in [-0.25, -0.2) is 0 Å². The second-order valence-corrected chi connectivity index (χ2v) is 9.49. The standard InChI is InChI=1S/C28H27NO7/c30-28-25-26(18-6-8-21-23(14-18)33-12-10-31-21)36-27(19-7-9-22-24(15-19)34-13-11-32-22)29(25)20(16-35-28)17-4-2-1-3-5-17/h1-6,8-9,14-15,19-20,25-27H,7,10-13,16H2/t19?,20-,25?,26-,27+/m1/s1. The Labute approximate surface area is 209 Å². The van der Waals surface area contributed by atoms with E-state index in [2.05, 4.69) is 29.2 Å². The van der Waals surface area contributed by atoms with Gasteiger partial charge in [0, 0.05) is 5.92 Å². The molecule has 0 radical (unpaired) electrons. The molecule has 0 bridgehead atoms. The summed E-state index contributed by atoms with van der Waals surface area (Å²) in [6.07, 6.45) is 4.00. The Morgan fingerprint density at radius 1 is 0.778 bits per heavy atom. The lowest BCUT2D eigenvalue weighted by Gasteiger charge is -2.41. The third kappa shape index (κ3) is 3.63. The van der Waals surface area contributed by atoms with Gasteiger partial charge < -0.3 is 28.4 Å². The predicted molar refractivity (Wildman–Crippen MR) is 127 cm³/mol. The maximum Gasteiger partial charge on any atom is 0.326 e. The van der Waals surface area contributed by atoms with Crippen LogP contribution in [-0.4, -0.2) is 56.2 Å². The number of cyclic esters (lactones) is 1. The highest BCUT2D eigenvalue weighted by molar-refractivity contribution is 5.78. The third-order valence-corrected chi connectivity index (χ3v) is 7.40. The van der Waals surface area contributed by atoms with Crippen LogP contribution in [0.1, 0.15) is 29.7 Å². The minimum Gasteiger partial charge on any atom is -0.486 e. The molecule has 3 saturated heterocycles. The SMILES string of the molecule is O=C1OC[C@H](c2ccccc2)N2C1[C@@H](c1ccc3c(c1)OCCO3)O[C@H]2C1C=C2OCCOC2=CC1. The van der Waals surface area contributed by atoms with Gasteiger partial charge in [-0.3, -0.25) is 9.69 Å². The lowest BCUT2D eigenvalue weighted by molar-refractivity contribution is -0.163. The van der Waals surface area contributed by atoms with Gasteiger partial charge in [0.1, 0.15) is 51.4 Å². The molecule has 0 amide bonds. The maximum absolute atomic E-state index is 13.3. The van der Waals surface area contributed by atoms with Crippen molar-refractivity contribution in [2.75, 3.05) is 33.0 Å². The van der Waals surface area contributed by atoms with Gasteiger partial charge in [0.25, 0.3) is 0 Å². The van der Waals surface area contributed by atoms with Crippen molar-refractivity contribution in [2.24, 2.45) is 5.92 Å². The van der Waals surface area contributed by atoms with E-state index in [0.717, 1.165) is 29.1 Å². The first-order chi connectivity index (χ1) is 17.8. The number of benzene rings is 2. The molecule has 5 atom stereocenters. The number of rotatable bonds is 3. The van der Waals surface area contributed by atoms with Crippen LogP contribution in [0.3, 0.4) is 0 Å². The van der Waals surface area contributed by atoms with Gasteiger partial charge in [-0.2, -0.15) is 0 Å². The van der Waals surface area contributed by atoms with E-state index in [4.69, 9.17) is 28.4 Å². The van der Waals surface area contributed by atoms with Crippen molar-refractivity contribution in [1.82, 2.24) is 4.90 Å². The van der Waals surface area contributed by atoms with Crippen LogP contribution in [0.15, 0.2) is 72.2 Å². The van der Waals surface area contributed by atoms with Gasteiger partial charge in [-0.05, 0) is 41.8 Å². The molecule has 8 nitrogen and oxygen atoms in total. The minimum atomic E-state index is -0.594. The highest BCUT2D eigenvalue weighted by Gasteiger charge is 2.55. The summed E-state index contributed by atoms with van der Waals surface area (Å²) < 4.78 is 35.7. The predicted octanol–water partition coefficient (Wildman–Crippen LogP) is 3.66. The first-order valence-corrected chi connectivity index (χ1v) is 12.5. The first kappa shape index (κ1) is 21.8. The number of hydrogen-bond acceptors (Lipinski definition) is 8. The second-order valence-electron chi connectivity index (χ2n) is 9.49. The molecule has 8 heteroatoms. The lowest BCUT2D eigenvalue weighted by atomic mass is 9.92. The minimum absolute atomic E-state index is 0.0210. The second kappa shape index (κ2) is 8.87. The molecule has 0 saturated carbocycles. The van der Waals surface area contributed by atoms with E-state index >= 15 is 0 Å². The van der Waals surface area contributed by atoms with Gasteiger partial charge in [0.15, 0.2) is 23.0 Å². The first-order valence-electron chi connectivity index (χ1n) is 12.5. The number of ether oxygens (including phenoxy) is 6.